The molecule has 0 amide bonds. The molecule has 0 aliphatic rings. The van der Waals surface area contributed by atoms with Crippen LogP contribution in [0.15, 0.2) is 0 Å². The van der Waals surface area contributed by atoms with Crippen LogP contribution in [-0.4, -0.2) is 43.9 Å². The smallest absolute Gasteiger partial charge is 0.383 e. The van der Waals surface area contributed by atoms with Crippen molar-refractivity contribution in [2.24, 2.45) is 0 Å². The maximum atomic E-state index is 12.1. The van der Waals surface area contributed by atoms with E-state index < -0.39 is 12.7 Å². The summed E-state index contributed by atoms with van der Waals surface area (Å²) in [4.78, 5) is 1.39. The summed E-state index contributed by atoms with van der Waals surface area (Å²) in [5, 5.41) is 0. The number of hydrogen-bond acceptors (Lipinski definition) is 2. The van der Waals surface area contributed by atoms with Gasteiger partial charge in [-0.1, -0.05) is 6.92 Å². The van der Waals surface area contributed by atoms with Gasteiger partial charge in [0.05, 0.1) is 13.2 Å². The van der Waals surface area contributed by atoms with Gasteiger partial charge in [-0.15, -0.1) is 0 Å². The number of nitrogens with zero attached hydrogens (tertiary/aromatic N) is 1. The fourth-order valence-corrected chi connectivity index (χ4v) is 1.15. The summed E-state index contributed by atoms with van der Waals surface area (Å²) in [5.74, 6) is 0. The van der Waals surface area contributed by atoms with Crippen molar-refractivity contribution in [3.8, 4) is 0 Å². The number of ether oxygens (including phenoxy) is 1. The molecule has 0 N–H and O–H groups in total. The minimum atomic E-state index is -4.13. The maximum absolute atomic E-state index is 12.1. The van der Waals surface area contributed by atoms with E-state index in [1.54, 1.807) is 6.92 Å². The van der Waals surface area contributed by atoms with Crippen LogP contribution in [0.4, 0.5) is 13.2 Å². The minimum absolute atomic E-state index is 0.0632. The quantitative estimate of drug-likeness (QED) is 0.671. The summed E-state index contributed by atoms with van der Waals surface area (Å²) in [6.07, 6.45) is -3.42. The zero-order valence-corrected chi connectivity index (χ0v) is 8.90. The van der Waals surface area contributed by atoms with Crippen molar-refractivity contribution in [2.75, 3.05) is 26.8 Å². The second kappa shape index (κ2) is 6.24. The highest BCUT2D eigenvalue weighted by atomic mass is 19.4. The molecule has 0 bridgehead atoms. The predicted molar refractivity (Wildman–Crippen MR) is 49.3 cm³/mol. The molecule has 2 nitrogen and oxygen atoms in total. The first-order valence-electron chi connectivity index (χ1n) is 4.70. The first-order chi connectivity index (χ1) is 6.40. The lowest BCUT2D eigenvalue weighted by Crippen LogP contribution is -2.41. The lowest BCUT2D eigenvalue weighted by Gasteiger charge is -2.28. The van der Waals surface area contributed by atoms with Crippen LogP contribution >= 0.6 is 0 Å². The Bertz CT molecular complexity index is 149. The van der Waals surface area contributed by atoms with Crippen LogP contribution in [0.25, 0.3) is 0 Å². The molecule has 0 fully saturated rings. The third-order valence-electron chi connectivity index (χ3n) is 2.18. The van der Waals surface area contributed by atoms with E-state index in [4.69, 9.17) is 4.74 Å². The molecular weight excluding hydrogens is 195 g/mol. The monoisotopic (exact) mass is 213 g/mol. The number of methoxy groups -OCH3 is 1. The van der Waals surface area contributed by atoms with Gasteiger partial charge in [0, 0.05) is 19.7 Å². The standard InChI is InChI=1S/C9H18F3NO/c1-4-8(2)13(5-6-14-3)7-9(10,11)12/h8H,4-7H2,1-3H3. The molecule has 0 rings (SSSR count). The molecule has 0 aliphatic carbocycles. The van der Waals surface area contributed by atoms with Gasteiger partial charge in [-0.3, -0.25) is 4.90 Å². The molecule has 0 saturated heterocycles. The van der Waals surface area contributed by atoms with Crippen molar-refractivity contribution >= 4 is 0 Å². The van der Waals surface area contributed by atoms with Crippen molar-refractivity contribution in [1.29, 1.82) is 0 Å². The van der Waals surface area contributed by atoms with Crippen LogP contribution in [0.1, 0.15) is 20.3 Å². The van der Waals surface area contributed by atoms with Crippen LogP contribution in [0.5, 0.6) is 0 Å². The van der Waals surface area contributed by atoms with Crippen LogP contribution < -0.4 is 0 Å². The molecular formula is C9H18F3NO. The lowest BCUT2D eigenvalue weighted by atomic mass is 10.2. The zero-order valence-electron chi connectivity index (χ0n) is 8.90. The first-order valence-corrected chi connectivity index (χ1v) is 4.70. The molecule has 0 radical (unpaired) electrons. The number of rotatable bonds is 6. The fourth-order valence-electron chi connectivity index (χ4n) is 1.15. The summed E-state index contributed by atoms with van der Waals surface area (Å²) in [5.41, 5.74) is 0. The van der Waals surface area contributed by atoms with Gasteiger partial charge in [0.1, 0.15) is 0 Å². The third kappa shape index (κ3) is 6.21. The molecule has 0 heterocycles. The van der Waals surface area contributed by atoms with Crippen molar-refractivity contribution in [1.82, 2.24) is 4.90 Å². The van der Waals surface area contributed by atoms with Gasteiger partial charge in [-0.05, 0) is 13.3 Å². The summed E-state index contributed by atoms with van der Waals surface area (Å²) < 4.78 is 41.2. The van der Waals surface area contributed by atoms with Gasteiger partial charge < -0.3 is 4.74 Å². The topological polar surface area (TPSA) is 12.5 Å². The van der Waals surface area contributed by atoms with E-state index in [-0.39, 0.29) is 6.04 Å². The van der Waals surface area contributed by atoms with Crippen molar-refractivity contribution < 1.29 is 17.9 Å². The molecule has 5 heteroatoms. The molecule has 0 spiro atoms. The molecule has 1 unspecified atom stereocenters. The normalized spacial score (nSPS) is 14.8. The van der Waals surface area contributed by atoms with Gasteiger partial charge in [0.25, 0.3) is 0 Å². The van der Waals surface area contributed by atoms with Crippen molar-refractivity contribution in [3.63, 3.8) is 0 Å². The zero-order chi connectivity index (χ0) is 11.2. The molecule has 0 aliphatic heterocycles. The van der Waals surface area contributed by atoms with Crippen LogP contribution in [0, 0.1) is 0 Å². The molecule has 0 aromatic heterocycles. The Morgan fingerprint density at radius 2 is 1.93 bits per heavy atom. The highest BCUT2D eigenvalue weighted by Gasteiger charge is 2.31. The second-order valence-corrected chi connectivity index (χ2v) is 3.34. The van der Waals surface area contributed by atoms with E-state index in [1.165, 1.54) is 12.0 Å². The molecule has 14 heavy (non-hydrogen) atoms. The summed E-state index contributed by atoms with van der Waals surface area (Å²) in [6, 6.07) is -0.0632. The molecule has 0 aromatic rings. The van der Waals surface area contributed by atoms with E-state index in [0.717, 1.165) is 0 Å². The van der Waals surface area contributed by atoms with Gasteiger partial charge in [0.15, 0.2) is 0 Å². The Hall–Kier alpha value is -0.290. The van der Waals surface area contributed by atoms with Gasteiger partial charge in [-0.25, -0.2) is 0 Å². The van der Waals surface area contributed by atoms with Gasteiger partial charge in [0.2, 0.25) is 0 Å². The minimum Gasteiger partial charge on any atom is -0.383 e. The number of hydrogen-bond donors (Lipinski definition) is 0. The average Bonchev–Trinajstić information content (AvgIpc) is 2.09. The van der Waals surface area contributed by atoms with E-state index in [2.05, 4.69) is 0 Å². The van der Waals surface area contributed by atoms with E-state index in [9.17, 15) is 13.2 Å². The second-order valence-electron chi connectivity index (χ2n) is 3.34. The molecule has 86 valence electrons. The van der Waals surface area contributed by atoms with Crippen LogP contribution in [-0.2, 0) is 4.74 Å². The van der Waals surface area contributed by atoms with E-state index >= 15 is 0 Å². The number of alkyl halides is 3. The lowest BCUT2D eigenvalue weighted by molar-refractivity contribution is -0.151. The van der Waals surface area contributed by atoms with Crippen LogP contribution in [0.2, 0.25) is 0 Å². The molecule has 0 aromatic carbocycles. The average molecular weight is 213 g/mol. The largest absolute Gasteiger partial charge is 0.401 e. The summed E-state index contributed by atoms with van der Waals surface area (Å²) in [7, 11) is 1.49. The Balaban J connectivity index is 4.10. The number of halogens is 3. The van der Waals surface area contributed by atoms with Gasteiger partial charge in [-0.2, -0.15) is 13.2 Å². The fraction of sp³-hybridized carbons (Fsp3) is 1.00. The molecule has 1 atom stereocenters. The SMILES string of the molecule is CCC(C)N(CCOC)CC(F)(F)F. The highest BCUT2D eigenvalue weighted by molar-refractivity contribution is 4.69. The Morgan fingerprint density at radius 3 is 2.29 bits per heavy atom. The summed E-state index contributed by atoms with van der Waals surface area (Å²) >= 11 is 0. The predicted octanol–water partition coefficient (Wildman–Crippen LogP) is 2.30. The highest BCUT2D eigenvalue weighted by Crippen LogP contribution is 2.18. The van der Waals surface area contributed by atoms with Crippen molar-refractivity contribution in [2.45, 2.75) is 32.5 Å². The first kappa shape index (κ1) is 13.7. The Labute approximate surface area is 83.0 Å². The van der Waals surface area contributed by atoms with Gasteiger partial charge >= 0.3 is 6.18 Å². The Kier molecular flexibility index (Phi) is 6.11. The third-order valence-corrected chi connectivity index (χ3v) is 2.18. The van der Waals surface area contributed by atoms with Crippen molar-refractivity contribution in [3.05, 3.63) is 0 Å². The Morgan fingerprint density at radius 1 is 1.36 bits per heavy atom. The van der Waals surface area contributed by atoms with E-state index in [0.29, 0.717) is 19.6 Å². The van der Waals surface area contributed by atoms with Crippen LogP contribution in [0.3, 0.4) is 0 Å². The van der Waals surface area contributed by atoms with E-state index in [1.807, 2.05) is 6.92 Å². The summed E-state index contributed by atoms with van der Waals surface area (Å²) in [6.45, 7) is 3.47. The maximum Gasteiger partial charge on any atom is 0.401 e. The molecule has 0 saturated carbocycles.